The average molecular weight is 640 g/mol. The van der Waals surface area contributed by atoms with Crippen LogP contribution in [0, 0.1) is 29.0 Å². The first-order valence-corrected chi connectivity index (χ1v) is 16.6. The maximum absolute atomic E-state index is 13.6. The highest BCUT2D eigenvalue weighted by atomic mass is 32.1. The topological polar surface area (TPSA) is 109 Å². The van der Waals surface area contributed by atoms with Gasteiger partial charge in [-0.15, -0.1) is 0 Å². The van der Waals surface area contributed by atoms with Crippen molar-refractivity contribution in [2.24, 2.45) is 11.8 Å². The number of pyridine rings is 1. The molecule has 2 aromatic carbocycles. The molecule has 4 aromatic rings. The Balaban J connectivity index is 1.06. The number of nitrogens with zero attached hydrogens (tertiary/aromatic N) is 7. The van der Waals surface area contributed by atoms with Gasteiger partial charge in [0.25, 0.3) is 5.56 Å². The standard InChI is InChI=1S/C34H34FN7O3S/c1-38(34-37-31(29(15-36)46-34)20-2-4-21(35)5-3-20)28-18-42(22-6-7-22)33(45)24-9-8-23(14-25(24)28)40-12-10-39(11-13-40)19-30(43)41-16-26-27(17-41)32(26)44/h2-5,8-9,14,18,22,26-27,32,44H,6-7,10-13,16-17,19H2,1H3/t26-,27+,32+. The number of anilines is 3. The smallest absolute Gasteiger partial charge is 0.258 e. The lowest BCUT2D eigenvalue weighted by atomic mass is 10.1. The molecule has 4 fully saturated rings. The van der Waals surface area contributed by atoms with Crippen molar-refractivity contribution in [3.63, 3.8) is 0 Å². The number of halogens is 1. The Morgan fingerprint density at radius 3 is 2.48 bits per heavy atom. The van der Waals surface area contributed by atoms with Crippen LogP contribution >= 0.6 is 11.3 Å². The Labute approximate surface area is 269 Å². The molecular formula is C34H34FN7O3S. The fourth-order valence-electron chi connectivity index (χ4n) is 7.01. The number of hydrogen-bond donors (Lipinski definition) is 1. The average Bonchev–Trinajstić information content (AvgIpc) is 3.89. The normalized spacial score (nSPS) is 22.6. The third-order valence-corrected chi connectivity index (χ3v) is 11.1. The van der Waals surface area contributed by atoms with Crippen molar-refractivity contribution in [2.45, 2.75) is 25.0 Å². The quantitative estimate of drug-likeness (QED) is 0.325. The number of aliphatic hydroxyl groups is 1. The van der Waals surface area contributed by atoms with Crippen LogP contribution in [0.1, 0.15) is 23.8 Å². The van der Waals surface area contributed by atoms with E-state index in [0.717, 1.165) is 55.8 Å². The van der Waals surface area contributed by atoms with Gasteiger partial charge in [-0.25, -0.2) is 9.37 Å². The monoisotopic (exact) mass is 639 g/mol. The van der Waals surface area contributed by atoms with E-state index in [-0.39, 0.29) is 41.3 Å². The Bertz CT molecular complexity index is 1930. The van der Waals surface area contributed by atoms with Crippen LogP contribution in [0.15, 0.2) is 53.5 Å². The van der Waals surface area contributed by atoms with E-state index in [1.165, 1.54) is 23.5 Å². The predicted octanol–water partition coefficient (Wildman–Crippen LogP) is 3.81. The third-order valence-electron chi connectivity index (χ3n) is 10.0. The molecule has 1 N–H and O–H groups in total. The molecule has 2 saturated heterocycles. The summed E-state index contributed by atoms with van der Waals surface area (Å²) in [6, 6.07) is 14.4. The summed E-state index contributed by atoms with van der Waals surface area (Å²) in [6.07, 6.45) is 3.62. The molecule has 12 heteroatoms. The summed E-state index contributed by atoms with van der Waals surface area (Å²) in [6.45, 7) is 4.77. The lowest BCUT2D eigenvalue weighted by molar-refractivity contribution is -0.132. The fourth-order valence-corrected chi connectivity index (χ4v) is 7.87. The maximum atomic E-state index is 13.6. The van der Waals surface area contributed by atoms with Crippen molar-refractivity contribution < 1.29 is 14.3 Å². The van der Waals surface area contributed by atoms with Gasteiger partial charge in [0, 0.05) is 92.4 Å². The van der Waals surface area contributed by atoms with Crippen LogP contribution in [0.3, 0.4) is 0 Å². The maximum Gasteiger partial charge on any atom is 0.258 e. The van der Waals surface area contributed by atoms with Gasteiger partial charge in [0.15, 0.2) is 5.13 Å². The fraction of sp³-hybridized carbons (Fsp3) is 0.412. The Morgan fingerprint density at radius 1 is 1.09 bits per heavy atom. The summed E-state index contributed by atoms with van der Waals surface area (Å²) in [7, 11) is 1.90. The van der Waals surface area contributed by atoms with E-state index in [1.54, 1.807) is 12.1 Å². The number of aromatic nitrogens is 2. The van der Waals surface area contributed by atoms with E-state index >= 15 is 0 Å². The molecule has 8 rings (SSSR count). The molecule has 0 radical (unpaired) electrons. The van der Waals surface area contributed by atoms with Gasteiger partial charge in [-0.1, -0.05) is 11.3 Å². The molecule has 0 unspecified atom stereocenters. The second-order valence-electron chi connectivity index (χ2n) is 12.9. The minimum absolute atomic E-state index is 0.0135. The highest BCUT2D eigenvalue weighted by molar-refractivity contribution is 7.16. The SMILES string of the molecule is CN(c1nc(-c2ccc(F)cc2)c(C#N)s1)c1cn(C2CC2)c(=O)c2ccc(N3CCN(CC(=O)N4C[C@@H]5[C@@H](O)[C@@H]5C4)CC3)cc12. The summed E-state index contributed by atoms with van der Waals surface area (Å²) in [5.41, 5.74) is 2.99. The lowest BCUT2D eigenvalue weighted by Crippen LogP contribution is -2.50. The summed E-state index contributed by atoms with van der Waals surface area (Å²) < 4.78 is 15.4. The molecule has 236 valence electrons. The number of amides is 1. The molecule has 0 bridgehead atoms. The van der Waals surface area contributed by atoms with E-state index < -0.39 is 0 Å². The number of piperazine rings is 1. The molecule has 2 saturated carbocycles. The lowest BCUT2D eigenvalue weighted by Gasteiger charge is -2.36. The van der Waals surface area contributed by atoms with Crippen molar-refractivity contribution in [2.75, 3.05) is 62.7 Å². The molecule has 4 aliphatic rings. The molecule has 10 nitrogen and oxygen atoms in total. The van der Waals surface area contributed by atoms with Crippen molar-refractivity contribution in [3.8, 4) is 17.3 Å². The molecular weight excluding hydrogens is 605 g/mol. The molecule has 0 spiro atoms. The van der Waals surface area contributed by atoms with Crippen molar-refractivity contribution in [3.05, 3.63) is 69.7 Å². The largest absolute Gasteiger partial charge is 0.392 e. The number of rotatable bonds is 7. The number of likely N-dealkylation sites (tertiary alicyclic amines) is 1. The van der Waals surface area contributed by atoms with Gasteiger partial charge in [0.05, 0.1) is 18.3 Å². The number of carbonyl (C=O) groups excluding carboxylic acids is 1. The highest BCUT2D eigenvalue weighted by Gasteiger charge is 2.56. The summed E-state index contributed by atoms with van der Waals surface area (Å²) in [4.78, 5) is 40.0. The van der Waals surface area contributed by atoms with E-state index in [4.69, 9.17) is 4.98 Å². The van der Waals surface area contributed by atoms with Crippen LogP contribution in [-0.2, 0) is 4.79 Å². The summed E-state index contributed by atoms with van der Waals surface area (Å²) >= 11 is 1.27. The number of benzene rings is 2. The van der Waals surface area contributed by atoms with Crippen LogP contribution in [0.2, 0.25) is 0 Å². The predicted molar refractivity (Wildman–Crippen MR) is 175 cm³/mol. The van der Waals surface area contributed by atoms with E-state index in [0.29, 0.717) is 46.3 Å². The summed E-state index contributed by atoms with van der Waals surface area (Å²) in [5, 5.41) is 21.8. The van der Waals surface area contributed by atoms with Crippen LogP contribution in [0.25, 0.3) is 22.0 Å². The first kappa shape index (κ1) is 29.1. The van der Waals surface area contributed by atoms with E-state index in [2.05, 4.69) is 21.9 Å². The van der Waals surface area contributed by atoms with Crippen LogP contribution in [-0.4, -0.2) is 89.3 Å². The first-order valence-electron chi connectivity index (χ1n) is 15.8. The first-order chi connectivity index (χ1) is 22.3. The molecule has 1 amide bonds. The number of piperidine rings is 1. The van der Waals surface area contributed by atoms with Gasteiger partial charge >= 0.3 is 0 Å². The number of fused-ring (bicyclic) bond motifs is 2. The van der Waals surface area contributed by atoms with Crippen molar-refractivity contribution >= 4 is 44.5 Å². The Morgan fingerprint density at radius 2 is 1.80 bits per heavy atom. The number of nitriles is 1. The van der Waals surface area contributed by atoms with Gasteiger partial charge < -0.3 is 24.4 Å². The van der Waals surface area contributed by atoms with Crippen LogP contribution in [0.5, 0.6) is 0 Å². The van der Waals surface area contributed by atoms with E-state index in [9.17, 15) is 24.3 Å². The molecule has 2 aliphatic heterocycles. The molecule has 3 atom stereocenters. The Kier molecular flexibility index (Phi) is 7.08. The van der Waals surface area contributed by atoms with Crippen molar-refractivity contribution in [1.29, 1.82) is 5.26 Å². The second-order valence-corrected chi connectivity index (χ2v) is 13.9. The molecule has 2 aromatic heterocycles. The molecule has 4 heterocycles. The highest BCUT2D eigenvalue weighted by Crippen LogP contribution is 2.45. The van der Waals surface area contributed by atoms with Gasteiger partial charge in [0.2, 0.25) is 5.91 Å². The van der Waals surface area contributed by atoms with Gasteiger partial charge in [-0.2, -0.15) is 5.26 Å². The minimum atomic E-state index is -0.353. The van der Waals surface area contributed by atoms with E-state index in [1.807, 2.05) is 39.7 Å². The second kappa shape index (κ2) is 11.2. The number of thiazole rings is 1. The molecule has 2 aliphatic carbocycles. The van der Waals surface area contributed by atoms with Gasteiger partial charge in [0.1, 0.15) is 22.5 Å². The Hall–Kier alpha value is -4.31. The zero-order valence-electron chi connectivity index (χ0n) is 25.5. The minimum Gasteiger partial charge on any atom is -0.392 e. The number of carbonyl (C=O) groups is 1. The zero-order valence-corrected chi connectivity index (χ0v) is 26.3. The van der Waals surface area contributed by atoms with Crippen LogP contribution < -0.4 is 15.4 Å². The van der Waals surface area contributed by atoms with Crippen molar-refractivity contribution in [1.82, 2.24) is 19.4 Å². The van der Waals surface area contributed by atoms with Gasteiger partial charge in [-0.3, -0.25) is 14.5 Å². The number of hydrogen-bond acceptors (Lipinski definition) is 9. The van der Waals surface area contributed by atoms with Gasteiger partial charge in [-0.05, 0) is 55.3 Å². The summed E-state index contributed by atoms with van der Waals surface area (Å²) in [5.74, 6) is 0.329. The zero-order chi connectivity index (χ0) is 31.7. The van der Waals surface area contributed by atoms with Crippen LogP contribution in [0.4, 0.5) is 20.9 Å². The third kappa shape index (κ3) is 5.12. The molecule has 46 heavy (non-hydrogen) atoms. The number of aliphatic hydroxyl groups excluding tert-OH is 1.